The Morgan fingerprint density at radius 2 is 2.19 bits per heavy atom. The van der Waals surface area contributed by atoms with Crippen molar-refractivity contribution in [1.82, 2.24) is 9.78 Å². The van der Waals surface area contributed by atoms with E-state index in [0.29, 0.717) is 13.2 Å². The van der Waals surface area contributed by atoms with Crippen molar-refractivity contribution in [2.45, 2.75) is 32.2 Å². The van der Waals surface area contributed by atoms with E-state index in [2.05, 4.69) is 5.10 Å². The summed E-state index contributed by atoms with van der Waals surface area (Å²) >= 11 is 0. The van der Waals surface area contributed by atoms with Gasteiger partial charge in [-0.1, -0.05) is 20.8 Å². The fourth-order valence-corrected chi connectivity index (χ4v) is 1.67. The summed E-state index contributed by atoms with van der Waals surface area (Å²) in [5.41, 5.74) is 0.726. The maximum Gasteiger partial charge on any atom is 0.390 e. The normalized spacial score (nSPS) is 17.2. The summed E-state index contributed by atoms with van der Waals surface area (Å²) in [5.74, 6) is -0.0863. The predicted molar refractivity (Wildman–Crippen MR) is 57.4 cm³/mol. The van der Waals surface area contributed by atoms with E-state index in [0.717, 1.165) is 5.69 Å². The third-order valence-electron chi connectivity index (χ3n) is 2.64. The second-order valence-electron chi connectivity index (χ2n) is 5.03. The van der Waals surface area contributed by atoms with Crippen LogP contribution in [0.2, 0.25) is 0 Å². The maximum atomic E-state index is 10.7. The third kappa shape index (κ3) is 1.80. The first-order valence-corrected chi connectivity index (χ1v) is 5.22. The summed E-state index contributed by atoms with van der Waals surface area (Å²) in [6.07, 6.45) is 0. The Hall–Kier alpha value is -1.43. The summed E-state index contributed by atoms with van der Waals surface area (Å²) in [6.45, 7) is 7.22. The second-order valence-corrected chi connectivity index (χ2v) is 5.03. The van der Waals surface area contributed by atoms with Gasteiger partial charge in [-0.15, -0.1) is 0 Å². The molecule has 0 aliphatic carbocycles. The molecule has 1 aliphatic heterocycles. The first kappa shape index (κ1) is 11.1. The number of rotatable bonds is 2. The van der Waals surface area contributed by atoms with Crippen LogP contribution in [-0.4, -0.2) is 27.9 Å². The van der Waals surface area contributed by atoms with Gasteiger partial charge in [0.15, 0.2) is 0 Å². The van der Waals surface area contributed by atoms with Gasteiger partial charge in [-0.2, -0.15) is 4.68 Å². The Balaban J connectivity index is 2.43. The van der Waals surface area contributed by atoms with Crippen LogP contribution in [-0.2, 0) is 10.2 Å². The molecule has 2 rings (SSSR count). The zero-order valence-corrected chi connectivity index (χ0v) is 9.64. The molecule has 0 amide bonds. The van der Waals surface area contributed by atoms with Crippen LogP contribution in [0.1, 0.15) is 32.5 Å². The summed E-state index contributed by atoms with van der Waals surface area (Å²) < 4.78 is 6.83. The largest absolute Gasteiger partial charge is 0.390 e. The van der Waals surface area contributed by atoms with Gasteiger partial charge >= 0.3 is 5.82 Å². The highest BCUT2D eigenvalue weighted by atomic mass is 16.6. The molecule has 0 saturated carbocycles. The minimum Gasteiger partial charge on any atom is -0.377 e. The third-order valence-corrected chi connectivity index (χ3v) is 2.64. The molecule has 1 aromatic heterocycles. The highest BCUT2D eigenvalue weighted by Crippen LogP contribution is 2.30. The zero-order chi connectivity index (χ0) is 11.9. The van der Waals surface area contributed by atoms with Crippen LogP contribution in [0.3, 0.4) is 0 Å². The Kier molecular flexibility index (Phi) is 2.46. The molecular formula is C10H15N3O3. The topological polar surface area (TPSA) is 70.2 Å². The average molecular weight is 225 g/mol. The van der Waals surface area contributed by atoms with Crippen molar-refractivity contribution in [3.05, 3.63) is 21.9 Å². The molecule has 0 aromatic carbocycles. The van der Waals surface area contributed by atoms with E-state index in [9.17, 15) is 10.1 Å². The number of hydrogen-bond donors (Lipinski definition) is 0. The monoisotopic (exact) mass is 225 g/mol. The second kappa shape index (κ2) is 3.55. The molecule has 6 heteroatoms. The van der Waals surface area contributed by atoms with Crippen LogP contribution < -0.4 is 0 Å². The van der Waals surface area contributed by atoms with Crippen molar-refractivity contribution in [3.8, 4) is 0 Å². The molecule has 1 fully saturated rings. The molecule has 0 radical (unpaired) electrons. The smallest absolute Gasteiger partial charge is 0.377 e. The van der Waals surface area contributed by atoms with E-state index < -0.39 is 4.92 Å². The van der Waals surface area contributed by atoms with E-state index in [1.54, 1.807) is 10.7 Å². The van der Waals surface area contributed by atoms with Crippen molar-refractivity contribution in [2.75, 3.05) is 13.2 Å². The lowest BCUT2D eigenvalue weighted by Gasteiger charge is -2.28. The Labute approximate surface area is 93.4 Å². The highest BCUT2D eigenvalue weighted by Gasteiger charge is 2.33. The molecule has 0 atom stereocenters. The molecule has 1 aromatic rings. The molecule has 0 bridgehead atoms. The molecule has 0 spiro atoms. The number of aromatic nitrogens is 2. The van der Waals surface area contributed by atoms with Crippen molar-refractivity contribution in [2.24, 2.45) is 0 Å². The van der Waals surface area contributed by atoms with Crippen molar-refractivity contribution in [3.63, 3.8) is 0 Å². The van der Waals surface area contributed by atoms with Crippen LogP contribution >= 0.6 is 0 Å². The van der Waals surface area contributed by atoms with Crippen molar-refractivity contribution >= 4 is 5.82 Å². The number of nitro groups is 1. The quantitative estimate of drug-likeness (QED) is 0.567. The Morgan fingerprint density at radius 3 is 2.56 bits per heavy atom. The van der Waals surface area contributed by atoms with Crippen molar-refractivity contribution < 1.29 is 9.66 Å². The van der Waals surface area contributed by atoms with E-state index in [1.165, 1.54) is 0 Å². The summed E-state index contributed by atoms with van der Waals surface area (Å²) in [4.78, 5) is 10.3. The van der Waals surface area contributed by atoms with E-state index in [4.69, 9.17) is 4.74 Å². The summed E-state index contributed by atoms with van der Waals surface area (Å²) in [7, 11) is 0. The van der Waals surface area contributed by atoms with Gasteiger partial charge in [0.05, 0.1) is 30.1 Å². The molecule has 88 valence electrons. The Bertz CT molecular complexity index is 415. The SMILES string of the molecule is CC(C)(C)c1cc([N+](=O)[O-])nn1C1COC1. The van der Waals surface area contributed by atoms with Gasteiger partial charge in [-0.05, 0) is 4.92 Å². The summed E-state index contributed by atoms with van der Waals surface area (Å²) in [6, 6.07) is 1.70. The maximum absolute atomic E-state index is 10.7. The summed E-state index contributed by atoms with van der Waals surface area (Å²) in [5, 5.41) is 14.8. The van der Waals surface area contributed by atoms with Gasteiger partial charge in [0.25, 0.3) is 0 Å². The lowest BCUT2D eigenvalue weighted by molar-refractivity contribution is -0.390. The number of nitrogens with zero attached hydrogens (tertiary/aromatic N) is 3. The van der Waals surface area contributed by atoms with E-state index in [1.807, 2.05) is 20.8 Å². The van der Waals surface area contributed by atoms with E-state index in [-0.39, 0.29) is 17.3 Å². The van der Waals surface area contributed by atoms with Crippen LogP contribution in [0, 0.1) is 10.1 Å². The van der Waals surface area contributed by atoms with Gasteiger partial charge in [-0.3, -0.25) is 0 Å². The fourth-order valence-electron chi connectivity index (χ4n) is 1.67. The molecule has 1 saturated heterocycles. The van der Waals surface area contributed by atoms with Gasteiger partial charge in [-0.25, -0.2) is 0 Å². The first-order chi connectivity index (χ1) is 7.39. The van der Waals surface area contributed by atoms with E-state index >= 15 is 0 Å². The fraction of sp³-hybridized carbons (Fsp3) is 0.700. The standard InChI is InChI=1S/C10H15N3O3/c1-10(2,3)8-4-9(13(14)15)11-12(8)7-5-16-6-7/h4,7H,5-6H2,1-3H3. The molecule has 0 N–H and O–H groups in total. The predicted octanol–water partition coefficient (Wildman–Crippen LogP) is 1.66. The average Bonchev–Trinajstić information content (AvgIpc) is 2.44. The molecule has 6 nitrogen and oxygen atoms in total. The number of ether oxygens (including phenoxy) is 1. The van der Waals surface area contributed by atoms with Gasteiger partial charge < -0.3 is 14.9 Å². The first-order valence-electron chi connectivity index (χ1n) is 5.22. The molecule has 1 aliphatic rings. The van der Waals surface area contributed by atoms with Crippen molar-refractivity contribution in [1.29, 1.82) is 0 Å². The van der Waals surface area contributed by atoms with Crippen LogP contribution in [0.15, 0.2) is 6.07 Å². The zero-order valence-electron chi connectivity index (χ0n) is 9.64. The van der Waals surface area contributed by atoms with Gasteiger partial charge in [0, 0.05) is 5.41 Å². The van der Waals surface area contributed by atoms with Crippen LogP contribution in [0.4, 0.5) is 5.82 Å². The molecular weight excluding hydrogens is 210 g/mol. The minimum absolute atomic E-state index is 0.0863. The minimum atomic E-state index is -0.453. The lowest BCUT2D eigenvalue weighted by Crippen LogP contribution is -2.34. The molecule has 0 unspecified atom stereocenters. The Morgan fingerprint density at radius 1 is 1.56 bits per heavy atom. The van der Waals surface area contributed by atoms with Gasteiger partial charge in [0.1, 0.15) is 6.04 Å². The van der Waals surface area contributed by atoms with Gasteiger partial charge in [0.2, 0.25) is 0 Å². The van der Waals surface area contributed by atoms with Crippen LogP contribution in [0.25, 0.3) is 0 Å². The highest BCUT2D eigenvalue weighted by molar-refractivity contribution is 5.27. The molecule has 2 heterocycles. The lowest BCUT2D eigenvalue weighted by atomic mass is 9.91. The van der Waals surface area contributed by atoms with Crippen LogP contribution in [0.5, 0.6) is 0 Å². The molecule has 16 heavy (non-hydrogen) atoms. The number of hydrogen-bond acceptors (Lipinski definition) is 4.